The number of nitrogens with one attached hydrogen (secondary N) is 1. The van der Waals surface area contributed by atoms with Crippen molar-refractivity contribution < 1.29 is 14.6 Å². The third-order valence-corrected chi connectivity index (χ3v) is 2.79. The second kappa shape index (κ2) is 7.79. The Balaban J connectivity index is 2.35. The molecule has 2 N–H and O–H groups in total. The van der Waals surface area contributed by atoms with Gasteiger partial charge in [0.25, 0.3) is 0 Å². The number of benzene rings is 1. The Labute approximate surface area is 114 Å². The third-order valence-electron chi connectivity index (χ3n) is 2.79. The van der Waals surface area contributed by atoms with Crippen molar-refractivity contribution in [3.05, 3.63) is 29.8 Å². The van der Waals surface area contributed by atoms with Crippen molar-refractivity contribution in [2.24, 2.45) is 5.92 Å². The summed E-state index contributed by atoms with van der Waals surface area (Å²) in [4.78, 5) is 11.0. The molecular formula is C15H23NO3. The highest BCUT2D eigenvalue weighted by Crippen LogP contribution is 2.17. The molecule has 0 spiro atoms. The number of carbonyl (C=O) groups is 1. The summed E-state index contributed by atoms with van der Waals surface area (Å²) in [5.41, 5.74) is 0.206. The van der Waals surface area contributed by atoms with Gasteiger partial charge in [-0.1, -0.05) is 26.0 Å². The standard InChI is InChI=1S/C15H23NO3/c1-11(2)10-12(3)16-8-9-19-14-7-5-4-6-13(14)15(17)18/h4-7,11-12,16H,8-10H2,1-3H3,(H,17,18). The van der Waals surface area contributed by atoms with Gasteiger partial charge in [-0.05, 0) is 31.4 Å². The summed E-state index contributed by atoms with van der Waals surface area (Å²) in [6, 6.07) is 7.14. The fourth-order valence-electron chi connectivity index (χ4n) is 2.03. The van der Waals surface area contributed by atoms with Gasteiger partial charge in [-0.2, -0.15) is 0 Å². The molecule has 4 nitrogen and oxygen atoms in total. The zero-order valence-corrected chi connectivity index (χ0v) is 11.8. The lowest BCUT2D eigenvalue weighted by atomic mass is 10.1. The summed E-state index contributed by atoms with van der Waals surface area (Å²) in [6.07, 6.45) is 1.12. The van der Waals surface area contributed by atoms with Crippen LogP contribution in [0.5, 0.6) is 5.75 Å². The number of para-hydroxylation sites is 1. The van der Waals surface area contributed by atoms with Gasteiger partial charge in [0.05, 0.1) is 0 Å². The van der Waals surface area contributed by atoms with Crippen molar-refractivity contribution >= 4 is 5.97 Å². The Bertz CT molecular complexity index is 404. The average Bonchev–Trinajstić information content (AvgIpc) is 2.34. The number of ether oxygens (including phenoxy) is 1. The minimum absolute atomic E-state index is 0.206. The van der Waals surface area contributed by atoms with Crippen LogP contribution in [0.25, 0.3) is 0 Å². The van der Waals surface area contributed by atoms with Gasteiger partial charge in [0.2, 0.25) is 0 Å². The molecule has 0 aliphatic carbocycles. The van der Waals surface area contributed by atoms with Crippen LogP contribution in [0.1, 0.15) is 37.6 Å². The molecule has 0 saturated heterocycles. The fourth-order valence-corrected chi connectivity index (χ4v) is 2.03. The van der Waals surface area contributed by atoms with Gasteiger partial charge in [0.15, 0.2) is 0 Å². The SMILES string of the molecule is CC(C)CC(C)NCCOc1ccccc1C(=O)O. The van der Waals surface area contributed by atoms with Crippen LogP contribution in [0.3, 0.4) is 0 Å². The maximum atomic E-state index is 11.0. The number of carboxylic acids is 1. The van der Waals surface area contributed by atoms with Gasteiger partial charge in [-0.25, -0.2) is 4.79 Å². The van der Waals surface area contributed by atoms with Gasteiger partial charge >= 0.3 is 5.97 Å². The van der Waals surface area contributed by atoms with E-state index >= 15 is 0 Å². The molecule has 4 heteroatoms. The Morgan fingerprint density at radius 2 is 2.00 bits per heavy atom. The van der Waals surface area contributed by atoms with Crippen molar-refractivity contribution in [2.75, 3.05) is 13.2 Å². The summed E-state index contributed by atoms with van der Waals surface area (Å²) < 4.78 is 5.51. The number of hydrogen-bond acceptors (Lipinski definition) is 3. The highest BCUT2D eigenvalue weighted by Gasteiger charge is 2.10. The number of hydrogen-bond donors (Lipinski definition) is 2. The van der Waals surface area contributed by atoms with E-state index in [1.807, 2.05) is 0 Å². The summed E-state index contributed by atoms with van der Waals surface area (Å²) in [7, 11) is 0. The molecule has 0 saturated carbocycles. The monoisotopic (exact) mass is 265 g/mol. The zero-order valence-electron chi connectivity index (χ0n) is 11.8. The van der Waals surface area contributed by atoms with Crippen LogP contribution in [0.2, 0.25) is 0 Å². The molecule has 0 fully saturated rings. The molecule has 0 aliphatic heterocycles. The van der Waals surface area contributed by atoms with Crippen LogP contribution in [0, 0.1) is 5.92 Å². The summed E-state index contributed by atoms with van der Waals surface area (Å²) in [5, 5.41) is 12.4. The second-order valence-electron chi connectivity index (χ2n) is 5.13. The quantitative estimate of drug-likeness (QED) is 0.710. The lowest BCUT2D eigenvalue weighted by Gasteiger charge is -2.16. The van der Waals surface area contributed by atoms with Crippen LogP contribution < -0.4 is 10.1 Å². The molecular weight excluding hydrogens is 242 g/mol. The van der Waals surface area contributed by atoms with Gasteiger partial charge in [0, 0.05) is 12.6 Å². The molecule has 1 atom stereocenters. The van der Waals surface area contributed by atoms with Gasteiger partial charge in [-0.15, -0.1) is 0 Å². The molecule has 0 amide bonds. The smallest absolute Gasteiger partial charge is 0.339 e. The predicted octanol–water partition coefficient (Wildman–Crippen LogP) is 2.79. The molecule has 0 bridgehead atoms. The van der Waals surface area contributed by atoms with Gasteiger partial charge < -0.3 is 15.2 Å². The molecule has 0 aromatic heterocycles. The Morgan fingerprint density at radius 1 is 1.32 bits per heavy atom. The highest BCUT2D eigenvalue weighted by molar-refractivity contribution is 5.90. The van der Waals surface area contributed by atoms with Crippen LogP contribution >= 0.6 is 0 Å². The van der Waals surface area contributed by atoms with E-state index in [9.17, 15) is 4.79 Å². The van der Waals surface area contributed by atoms with E-state index < -0.39 is 5.97 Å². The first kappa shape index (κ1) is 15.5. The Morgan fingerprint density at radius 3 is 2.63 bits per heavy atom. The Kier molecular flexibility index (Phi) is 6.36. The van der Waals surface area contributed by atoms with E-state index in [-0.39, 0.29) is 5.56 Å². The lowest BCUT2D eigenvalue weighted by Crippen LogP contribution is -2.31. The van der Waals surface area contributed by atoms with Crippen molar-refractivity contribution in [2.45, 2.75) is 33.2 Å². The summed E-state index contributed by atoms with van der Waals surface area (Å²) in [5.74, 6) is 0.126. The normalized spacial score (nSPS) is 12.4. The lowest BCUT2D eigenvalue weighted by molar-refractivity contribution is 0.0692. The molecule has 0 radical (unpaired) electrons. The molecule has 19 heavy (non-hydrogen) atoms. The van der Waals surface area contributed by atoms with E-state index in [1.165, 1.54) is 0 Å². The third kappa shape index (κ3) is 5.75. The summed E-state index contributed by atoms with van der Waals surface area (Å²) in [6.45, 7) is 7.70. The maximum Gasteiger partial charge on any atom is 0.339 e. The molecule has 1 aromatic carbocycles. The Hall–Kier alpha value is -1.55. The van der Waals surface area contributed by atoms with Crippen LogP contribution in [-0.4, -0.2) is 30.3 Å². The molecule has 1 unspecified atom stereocenters. The van der Waals surface area contributed by atoms with Crippen molar-refractivity contribution in [1.29, 1.82) is 0 Å². The van der Waals surface area contributed by atoms with Crippen molar-refractivity contribution in [1.82, 2.24) is 5.32 Å². The number of rotatable bonds is 8. The molecule has 0 heterocycles. The van der Waals surface area contributed by atoms with Crippen molar-refractivity contribution in [3.8, 4) is 5.75 Å². The molecule has 106 valence electrons. The molecule has 0 aliphatic rings. The predicted molar refractivity (Wildman–Crippen MR) is 75.8 cm³/mol. The zero-order chi connectivity index (χ0) is 14.3. The largest absolute Gasteiger partial charge is 0.491 e. The van der Waals surface area contributed by atoms with E-state index in [0.29, 0.717) is 30.9 Å². The minimum atomic E-state index is -0.961. The van der Waals surface area contributed by atoms with E-state index in [4.69, 9.17) is 9.84 Å². The van der Waals surface area contributed by atoms with Crippen LogP contribution in [0.15, 0.2) is 24.3 Å². The fraction of sp³-hybridized carbons (Fsp3) is 0.533. The van der Waals surface area contributed by atoms with Crippen LogP contribution in [0.4, 0.5) is 0 Å². The maximum absolute atomic E-state index is 11.0. The first-order chi connectivity index (χ1) is 9.00. The average molecular weight is 265 g/mol. The van der Waals surface area contributed by atoms with E-state index in [0.717, 1.165) is 6.42 Å². The minimum Gasteiger partial charge on any atom is -0.491 e. The number of aromatic carboxylic acids is 1. The van der Waals surface area contributed by atoms with Crippen molar-refractivity contribution in [3.63, 3.8) is 0 Å². The van der Waals surface area contributed by atoms with Gasteiger partial charge in [-0.3, -0.25) is 0 Å². The highest BCUT2D eigenvalue weighted by atomic mass is 16.5. The number of carboxylic acid groups (broad SMARTS) is 1. The van der Waals surface area contributed by atoms with Gasteiger partial charge in [0.1, 0.15) is 17.9 Å². The second-order valence-corrected chi connectivity index (χ2v) is 5.13. The van der Waals surface area contributed by atoms with Crippen LogP contribution in [-0.2, 0) is 0 Å². The first-order valence-corrected chi connectivity index (χ1v) is 6.69. The molecule has 1 aromatic rings. The topological polar surface area (TPSA) is 58.6 Å². The van der Waals surface area contributed by atoms with E-state index in [2.05, 4.69) is 26.1 Å². The van der Waals surface area contributed by atoms with E-state index in [1.54, 1.807) is 24.3 Å². The summed E-state index contributed by atoms with van der Waals surface area (Å²) >= 11 is 0. The molecule has 1 rings (SSSR count). The first-order valence-electron chi connectivity index (χ1n) is 6.69.